The van der Waals surface area contributed by atoms with Gasteiger partial charge < -0.3 is 9.32 Å². The maximum absolute atomic E-state index is 5.81. The Hall–Kier alpha value is -2.76. The SMILES string of the molecule is Cc1cc(C(C)(C)N2c3ccccc3N(c3occ[n+]3C)[C@H]2C)n(C)n1. The number of nitrogens with zero attached hydrogens (tertiary/aromatic N) is 5. The largest absolute Gasteiger partial charge is 0.463 e. The van der Waals surface area contributed by atoms with Gasteiger partial charge in [0.15, 0.2) is 11.9 Å². The number of hydrogen-bond acceptors (Lipinski definition) is 4. The monoisotopic (exact) mass is 352 g/mol. The number of oxazole rings is 1. The Kier molecular flexibility index (Phi) is 3.61. The lowest BCUT2D eigenvalue weighted by Crippen LogP contribution is -2.51. The predicted molar refractivity (Wildman–Crippen MR) is 101 cm³/mol. The van der Waals surface area contributed by atoms with E-state index >= 15 is 0 Å². The molecule has 3 aromatic rings. The van der Waals surface area contributed by atoms with Crippen molar-refractivity contribution < 1.29 is 8.98 Å². The zero-order chi connectivity index (χ0) is 18.6. The average Bonchev–Trinajstić information content (AvgIpc) is 3.22. The molecule has 1 aromatic carbocycles. The van der Waals surface area contributed by atoms with E-state index in [1.807, 2.05) is 36.5 Å². The molecule has 0 unspecified atom stereocenters. The Morgan fingerprint density at radius 1 is 1.19 bits per heavy atom. The fourth-order valence-corrected chi connectivity index (χ4v) is 4.28. The molecule has 0 saturated heterocycles. The van der Waals surface area contributed by atoms with Gasteiger partial charge in [-0.15, -0.1) is 0 Å². The molecule has 6 nitrogen and oxygen atoms in total. The van der Waals surface area contributed by atoms with E-state index in [1.165, 1.54) is 11.4 Å². The lowest BCUT2D eigenvalue weighted by molar-refractivity contribution is -0.660. The molecule has 136 valence electrons. The van der Waals surface area contributed by atoms with Gasteiger partial charge in [-0.2, -0.15) is 10.00 Å². The molecule has 1 atom stereocenters. The summed E-state index contributed by atoms with van der Waals surface area (Å²) in [6.45, 7) is 8.76. The molecule has 0 spiro atoms. The Bertz CT molecular complexity index is 955. The summed E-state index contributed by atoms with van der Waals surface area (Å²) < 4.78 is 9.81. The number of fused-ring (bicyclic) bond motifs is 1. The molecule has 0 N–H and O–H groups in total. The number of anilines is 3. The summed E-state index contributed by atoms with van der Waals surface area (Å²) in [7, 11) is 4.02. The van der Waals surface area contributed by atoms with Crippen molar-refractivity contribution >= 4 is 17.4 Å². The smallest absolute Gasteiger partial charge is 0.396 e. The van der Waals surface area contributed by atoms with Crippen molar-refractivity contribution in [3.05, 3.63) is 54.2 Å². The van der Waals surface area contributed by atoms with Crippen LogP contribution in [0.2, 0.25) is 0 Å². The highest BCUT2D eigenvalue weighted by Crippen LogP contribution is 2.48. The highest BCUT2D eigenvalue weighted by atomic mass is 16.4. The molecule has 0 saturated carbocycles. The van der Waals surface area contributed by atoms with Crippen LogP contribution in [0.4, 0.5) is 17.4 Å². The number of aromatic nitrogens is 3. The van der Waals surface area contributed by atoms with Crippen molar-refractivity contribution in [2.75, 3.05) is 9.80 Å². The number of benzene rings is 1. The van der Waals surface area contributed by atoms with Crippen LogP contribution in [0.15, 0.2) is 47.2 Å². The van der Waals surface area contributed by atoms with E-state index in [0.29, 0.717) is 0 Å². The first-order valence-corrected chi connectivity index (χ1v) is 8.94. The molecule has 0 aliphatic carbocycles. The summed E-state index contributed by atoms with van der Waals surface area (Å²) in [6, 6.07) is 11.5. The van der Waals surface area contributed by atoms with Crippen LogP contribution in [0.3, 0.4) is 0 Å². The maximum Gasteiger partial charge on any atom is 0.463 e. The zero-order valence-electron chi connectivity index (χ0n) is 16.3. The quantitative estimate of drug-likeness (QED) is 0.678. The normalized spacial score (nSPS) is 17.1. The van der Waals surface area contributed by atoms with Crippen LogP contribution in [0.25, 0.3) is 0 Å². The summed E-state index contributed by atoms with van der Waals surface area (Å²) >= 11 is 0. The van der Waals surface area contributed by atoms with E-state index in [2.05, 4.69) is 66.0 Å². The van der Waals surface area contributed by atoms with Crippen LogP contribution >= 0.6 is 0 Å². The molecule has 6 heteroatoms. The van der Waals surface area contributed by atoms with E-state index in [-0.39, 0.29) is 11.7 Å². The van der Waals surface area contributed by atoms with Crippen LogP contribution in [0.5, 0.6) is 0 Å². The number of para-hydroxylation sites is 2. The molecule has 1 aliphatic heterocycles. The molecule has 26 heavy (non-hydrogen) atoms. The molecule has 3 heterocycles. The molecule has 0 bridgehead atoms. The van der Waals surface area contributed by atoms with Gasteiger partial charge in [0.05, 0.1) is 29.7 Å². The van der Waals surface area contributed by atoms with Gasteiger partial charge in [0.1, 0.15) is 12.5 Å². The van der Waals surface area contributed by atoms with Gasteiger partial charge in [0.25, 0.3) is 0 Å². The van der Waals surface area contributed by atoms with E-state index in [0.717, 1.165) is 17.4 Å². The fraction of sp³-hybridized carbons (Fsp3) is 0.400. The van der Waals surface area contributed by atoms with Gasteiger partial charge in [-0.25, -0.2) is 4.57 Å². The Morgan fingerprint density at radius 3 is 2.46 bits per heavy atom. The topological polar surface area (TPSA) is 41.3 Å². The van der Waals surface area contributed by atoms with E-state index < -0.39 is 0 Å². The van der Waals surface area contributed by atoms with Crippen molar-refractivity contribution in [3.63, 3.8) is 0 Å². The molecular weight excluding hydrogens is 326 g/mol. The predicted octanol–water partition coefficient (Wildman–Crippen LogP) is 3.39. The molecule has 1 aliphatic rings. The van der Waals surface area contributed by atoms with Crippen LogP contribution in [-0.2, 0) is 19.6 Å². The van der Waals surface area contributed by atoms with Crippen LogP contribution in [0, 0.1) is 6.92 Å². The van der Waals surface area contributed by atoms with Gasteiger partial charge >= 0.3 is 6.01 Å². The van der Waals surface area contributed by atoms with Crippen molar-refractivity contribution in [1.82, 2.24) is 9.78 Å². The van der Waals surface area contributed by atoms with E-state index in [1.54, 1.807) is 6.26 Å². The van der Waals surface area contributed by atoms with Crippen molar-refractivity contribution in [2.24, 2.45) is 14.1 Å². The number of aryl methyl sites for hydroxylation is 3. The summed E-state index contributed by atoms with van der Waals surface area (Å²) in [5, 5.41) is 4.57. The minimum absolute atomic E-state index is 0.0926. The summed E-state index contributed by atoms with van der Waals surface area (Å²) in [5.41, 5.74) is 4.32. The Labute approximate surface area is 154 Å². The first kappa shape index (κ1) is 16.7. The van der Waals surface area contributed by atoms with Crippen molar-refractivity contribution in [2.45, 2.75) is 39.4 Å². The third-order valence-electron chi connectivity index (χ3n) is 5.34. The second kappa shape index (κ2) is 5.62. The van der Waals surface area contributed by atoms with Crippen molar-refractivity contribution in [1.29, 1.82) is 0 Å². The zero-order valence-corrected chi connectivity index (χ0v) is 16.3. The number of rotatable bonds is 3. The van der Waals surface area contributed by atoms with Crippen LogP contribution < -0.4 is 14.4 Å². The van der Waals surface area contributed by atoms with Gasteiger partial charge in [-0.05, 0) is 45.9 Å². The Balaban J connectivity index is 1.87. The van der Waals surface area contributed by atoms with Gasteiger partial charge in [0, 0.05) is 7.05 Å². The maximum atomic E-state index is 5.81. The molecular formula is C20H26N5O+. The van der Waals surface area contributed by atoms with Gasteiger partial charge in [-0.1, -0.05) is 12.1 Å². The highest BCUT2D eigenvalue weighted by Gasteiger charge is 2.49. The van der Waals surface area contributed by atoms with Crippen molar-refractivity contribution in [3.8, 4) is 0 Å². The lowest BCUT2D eigenvalue weighted by atomic mass is 9.96. The van der Waals surface area contributed by atoms with E-state index in [4.69, 9.17) is 4.42 Å². The summed E-state index contributed by atoms with van der Waals surface area (Å²) in [4.78, 5) is 4.70. The highest BCUT2D eigenvalue weighted by molar-refractivity contribution is 5.81. The van der Waals surface area contributed by atoms with Crippen LogP contribution in [0.1, 0.15) is 32.2 Å². The first-order valence-electron chi connectivity index (χ1n) is 8.94. The standard InChI is InChI=1S/C20H26N5O/c1-14-13-18(23(6)21-14)20(3,4)25-15(2)24(19-22(5)11-12-26-19)16-9-7-8-10-17(16)25/h7-13,15H,1-6H3/q+1/t15-/m1/s1. The minimum Gasteiger partial charge on any atom is -0.396 e. The molecule has 2 aromatic heterocycles. The third kappa shape index (κ3) is 2.25. The molecule has 0 radical (unpaired) electrons. The minimum atomic E-state index is -0.245. The lowest BCUT2D eigenvalue weighted by Gasteiger charge is -2.39. The first-order chi connectivity index (χ1) is 12.3. The summed E-state index contributed by atoms with van der Waals surface area (Å²) in [5.74, 6) is 0. The Morgan fingerprint density at radius 2 is 1.88 bits per heavy atom. The fourth-order valence-electron chi connectivity index (χ4n) is 4.28. The second-order valence-electron chi connectivity index (χ2n) is 7.51. The average molecular weight is 352 g/mol. The third-order valence-corrected chi connectivity index (χ3v) is 5.34. The van der Waals surface area contributed by atoms with Gasteiger partial charge in [-0.3, -0.25) is 4.68 Å². The number of hydrogen-bond donors (Lipinski definition) is 0. The van der Waals surface area contributed by atoms with Gasteiger partial charge in [0.2, 0.25) is 0 Å². The second-order valence-corrected chi connectivity index (χ2v) is 7.51. The van der Waals surface area contributed by atoms with E-state index in [9.17, 15) is 0 Å². The van der Waals surface area contributed by atoms with Crippen LogP contribution in [-0.4, -0.2) is 15.9 Å². The molecule has 4 rings (SSSR count). The molecule has 0 amide bonds. The summed E-state index contributed by atoms with van der Waals surface area (Å²) in [6.07, 6.45) is 3.75. The molecule has 0 fully saturated rings.